The minimum atomic E-state index is 0. The molecule has 1 aliphatic heterocycles. The lowest BCUT2D eigenvalue weighted by molar-refractivity contribution is 0.0707. The van der Waals surface area contributed by atoms with Crippen LogP contribution in [0.15, 0.2) is 28.7 Å². The first-order chi connectivity index (χ1) is 8.20. The molecule has 0 radical (unpaired) electrons. The maximum atomic E-state index is 12.3. The number of carbonyl (C=O) groups is 1. The maximum Gasteiger partial charge on any atom is 0.255 e. The molecule has 2 rings (SSSR count). The van der Waals surface area contributed by atoms with E-state index in [1.165, 1.54) is 0 Å². The second kappa shape index (κ2) is 7.12. The number of hydrogen-bond acceptors (Lipinski definition) is 2. The minimum Gasteiger partial charge on any atom is -0.337 e. The number of nitrogens with zero attached hydrogens (tertiary/aromatic N) is 1. The van der Waals surface area contributed by atoms with E-state index >= 15 is 0 Å². The van der Waals surface area contributed by atoms with Crippen LogP contribution >= 0.6 is 28.3 Å². The highest BCUT2D eigenvalue weighted by atomic mass is 79.9. The van der Waals surface area contributed by atoms with Crippen molar-refractivity contribution in [3.05, 3.63) is 34.3 Å². The van der Waals surface area contributed by atoms with Crippen LogP contribution in [0.3, 0.4) is 0 Å². The monoisotopic (exact) mass is 332 g/mol. The molecule has 0 saturated carbocycles. The van der Waals surface area contributed by atoms with Crippen LogP contribution in [-0.4, -0.2) is 37.0 Å². The van der Waals surface area contributed by atoms with Crippen molar-refractivity contribution >= 4 is 34.2 Å². The van der Waals surface area contributed by atoms with E-state index in [0.717, 1.165) is 36.0 Å². The van der Waals surface area contributed by atoms with Gasteiger partial charge in [0.15, 0.2) is 0 Å². The molecule has 1 saturated heterocycles. The molecular formula is C13H18BrClN2O. The first kappa shape index (κ1) is 15.5. The first-order valence-electron chi connectivity index (χ1n) is 5.92. The maximum absolute atomic E-state index is 12.3. The summed E-state index contributed by atoms with van der Waals surface area (Å²) >= 11 is 3.43. The van der Waals surface area contributed by atoms with Gasteiger partial charge in [-0.1, -0.05) is 12.1 Å². The summed E-state index contributed by atoms with van der Waals surface area (Å²) < 4.78 is 0.862. The van der Waals surface area contributed by atoms with Crippen LogP contribution in [0.5, 0.6) is 0 Å². The lowest BCUT2D eigenvalue weighted by Gasteiger charge is -2.32. The van der Waals surface area contributed by atoms with Crippen molar-refractivity contribution in [1.29, 1.82) is 0 Å². The highest BCUT2D eigenvalue weighted by Crippen LogP contribution is 2.19. The molecule has 3 nitrogen and oxygen atoms in total. The largest absolute Gasteiger partial charge is 0.337 e. The minimum absolute atomic E-state index is 0. The third-order valence-electron chi connectivity index (χ3n) is 3.24. The molecule has 1 fully saturated rings. The number of rotatable bonds is 2. The topological polar surface area (TPSA) is 32.3 Å². The Hall–Kier alpha value is -0.580. The molecule has 5 heteroatoms. The van der Waals surface area contributed by atoms with Gasteiger partial charge in [0.05, 0.1) is 5.56 Å². The van der Waals surface area contributed by atoms with Gasteiger partial charge in [0, 0.05) is 24.1 Å². The van der Waals surface area contributed by atoms with E-state index in [4.69, 9.17) is 0 Å². The third kappa shape index (κ3) is 3.46. The first-order valence-corrected chi connectivity index (χ1v) is 6.72. The fourth-order valence-electron chi connectivity index (χ4n) is 2.15. The molecule has 18 heavy (non-hydrogen) atoms. The summed E-state index contributed by atoms with van der Waals surface area (Å²) in [5.74, 6) is 0.0891. The van der Waals surface area contributed by atoms with E-state index in [-0.39, 0.29) is 18.3 Å². The number of nitrogens with one attached hydrogen (secondary N) is 1. The molecule has 0 aromatic heterocycles. The zero-order valence-corrected chi connectivity index (χ0v) is 12.8. The SMILES string of the molecule is CN(C(=O)c1ccccc1Br)[C@H]1CCCNC1.Cl. The molecule has 1 atom stereocenters. The molecule has 0 unspecified atom stereocenters. The van der Waals surface area contributed by atoms with E-state index in [2.05, 4.69) is 21.2 Å². The molecule has 1 aromatic rings. The van der Waals surface area contributed by atoms with Crippen LogP contribution in [0.2, 0.25) is 0 Å². The van der Waals surface area contributed by atoms with Crippen molar-refractivity contribution in [3.63, 3.8) is 0 Å². The lowest BCUT2D eigenvalue weighted by atomic mass is 10.1. The van der Waals surface area contributed by atoms with Gasteiger partial charge < -0.3 is 10.2 Å². The van der Waals surface area contributed by atoms with Crippen molar-refractivity contribution in [3.8, 4) is 0 Å². The zero-order valence-electron chi connectivity index (χ0n) is 10.4. The summed E-state index contributed by atoms with van der Waals surface area (Å²) in [6.45, 7) is 1.96. The van der Waals surface area contributed by atoms with Gasteiger partial charge in [-0.3, -0.25) is 4.79 Å². The molecule has 0 bridgehead atoms. The van der Waals surface area contributed by atoms with Gasteiger partial charge >= 0.3 is 0 Å². The molecule has 0 aliphatic carbocycles. The molecule has 1 aliphatic rings. The molecule has 100 valence electrons. The smallest absolute Gasteiger partial charge is 0.255 e. The standard InChI is InChI=1S/C13H17BrN2O.ClH/c1-16(10-5-4-8-15-9-10)13(17)11-6-2-3-7-12(11)14;/h2-3,6-7,10,15H,4-5,8-9H2,1H3;1H/t10-;/m0./s1. The summed E-state index contributed by atoms with van der Waals surface area (Å²) in [6.07, 6.45) is 2.22. The van der Waals surface area contributed by atoms with Gasteiger partial charge in [0.2, 0.25) is 0 Å². The number of carbonyl (C=O) groups excluding carboxylic acids is 1. The van der Waals surface area contributed by atoms with Gasteiger partial charge in [0.1, 0.15) is 0 Å². The summed E-state index contributed by atoms with van der Waals surface area (Å²) in [5.41, 5.74) is 0.737. The summed E-state index contributed by atoms with van der Waals surface area (Å²) in [6, 6.07) is 7.89. The lowest BCUT2D eigenvalue weighted by Crippen LogP contribution is -2.46. The summed E-state index contributed by atoms with van der Waals surface area (Å²) in [4.78, 5) is 14.2. The Morgan fingerprint density at radius 1 is 1.44 bits per heavy atom. The number of halogens is 2. The number of amides is 1. The Morgan fingerprint density at radius 2 is 2.17 bits per heavy atom. The van der Waals surface area contributed by atoms with Crippen LogP contribution in [0, 0.1) is 0 Å². The Morgan fingerprint density at radius 3 is 2.78 bits per heavy atom. The highest BCUT2D eigenvalue weighted by molar-refractivity contribution is 9.10. The Balaban J connectivity index is 0.00000162. The van der Waals surface area contributed by atoms with E-state index in [1.54, 1.807) is 0 Å². The number of likely N-dealkylation sites (N-methyl/N-ethyl adjacent to an activating group) is 1. The van der Waals surface area contributed by atoms with E-state index < -0.39 is 0 Å². The van der Waals surface area contributed by atoms with Crippen LogP contribution in [0.4, 0.5) is 0 Å². The van der Waals surface area contributed by atoms with Gasteiger partial charge in [-0.25, -0.2) is 0 Å². The Kier molecular flexibility index (Phi) is 6.12. The van der Waals surface area contributed by atoms with E-state index in [1.807, 2.05) is 36.2 Å². The van der Waals surface area contributed by atoms with Gasteiger partial charge in [-0.2, -0.15) is 0 Å². The van der Waals surface area contributed by atoms with E-state index in [9.17, 15) is 4.79 Å². The molecule has 1 N–H and O–H groups in total. The average molecular weight is 334 g/mol. The molecule has 1 amide bonds. The van der Waals surface area contributed by atoms with Gasteiger partial charge in [-0.15, -0.1) is 12.4 Å². The number of benzene rings is 1. The van der Waals surface area contributed by atoms with Gasteiger partial charge in [-0.05, 0) is 47.4 Å². The number of hydrogen-bond donors (Lipinski definition) is 1. The van der Waals surface area contributed by atoms with Crippen molar-refractivity contribution < 1.29 is 4.79 Å². The third-order valence-corrected chi connectivity index (χ3v) is 3.93. The Labute approximate surface area is 122 Å². The number of piperidine rings is 1. The summed E-state index contributed by atoms with van der Waals surface area (Å²) in [5, 5.41) is 3.33. The molecule has 1 heterocycles. The summed E-state index contributed by atoms with van der Waals surface area (Å²) in [7, 11) is 1.89. The zero-order chi connectivity index (χ0) is 12.3. The fraction of sp³-hybridized carbons (Fsp3) is 0.462. The van der Waals surface area contributed by atoms with Crippen LogP contribution in [0.25, 0.3) is 0 Å². The Bertz CT molecular complexity index is 408. The van der Waals surface area contributed by atoms with Crippen LogP contribution in [-0.2, 0) is 0 Å². The van der Waals surface area contributed by atoms with Crippen molar-refractivity contribution in [2.45, 2.75) is 18.9 Å². The quantitative estimate of drug-likeness (QED) is 0.902. The van der Waals surface area contributed by atoms with Crippen LogP contribution in [0.1, 0.15) is 23.2 Å². The predicted octanol–water partition coefficient (Wildman–Crippen LogP) is 2.69. The van der Waals surface area contributed by atoms with Crippen molar-refractivity contribution in [1.82, 2.24) is 10.2 Å². The van der Waals surface area contributed by atoms with Crippen molar-refractivity contribution in [2.75, 3.05) is 20.1 Å². The average Bonchev–Trinajstić information content (AvgIpc) is 2.39. The second-order valence-corrected chi connectivity index (χ2v) is 5.25. The normalized spacial score (nSPS) is 18.9. The second-order valence-electron chi connectivity index (χ2n) is 4.40. The predicted molar refractivity (Wildman–Crippen MR) is 79.4 cm³/mol. The molecule has 0 spiro atoms. The molecular weight excluding hydrogens is 316 g/mol. The fourth-order valence-corrected chi connectivity index (χ4v) is 2.61. The highest BCUT2D eigenvalue weighted by Gasteiger charge is 2.23. The van der Waals surface area contributed by atoms with Crippen molar-refractivity contribution in [2.24, 2.45) is 0 Å². The van der Waals surface area contributed by atoms with E-state index in [0.29, 0.717) is 6.04 Å². The molecule has 1 aromatic carbocycles. The van der Waals surface area contributed by atoms with Gasteiger partial charge in [0.25, 0.3) is 5.91 Å². The van der Waals surface area contributed by atoms with Crippen LogP contribution < -0.4 is 5.32 Å².